The van der Waals surface area contributed by atoms with Crippen LogP contribution in [0.3, 0.4) is 0 Å². The van der Waals surface area contributed by atoms with Crippen LogP contribution >= 0.6 is 11.6 Å². The Labute approximate surface area is 191 Å². The van der Waals surface area contributed by atoms with E-state index in [4.69, 9.17) is 16.3 Å². The highest BCUT2D eigenvalue weighted by Gasteiger charge is 2.18. The molecule has 162 valence electrons. The fourth-order valence-corrected chi connectivity index (χ4v) is 3.92. The van der Waals surface area contributed by atoms with Crippen molar-refractivity contribution in [1.29, 1.82) is 0 Å². The van der Waals surface area contributed by atoms with Gasteiger partial charge in [0.15, 0.2) is 9.84 Å². The number of hydrogen-bond acceptors (Lipinski definition) is 5. The van der Waals surface area contributed by atoms with Gasteiger partial charge in [0.05, 0.1) is 4.90 Å². The smallest absolute Gasteiger partial charge is 0.435 e. The summed E-state index contributed by atoms with van der Waals surface area (Å²) in [4.78, 5) is 12.9. The van der Waals surface area contributed by atoms with Crippen molar-refractivity contribution in [2.24, 2.45) is 0 Å². The standard InChI is InChI=1S/C24H19ClN2O4S/c1-32(29,30)21-13-9-19(10-14-21)23-22(18-7-11-20(25)12-8-18)15-27(26-23)24(28)31-16-17-5-3-2-4-6-17/h2-15H,16H2,1H3. The molecule has 0 unspecified atom stereocenters. The Bertz CT molecular complexity index is 1350. The second-order valence-corrected chi connectivity index (χ2v) is 9.63. The molecule has 0 spiro atoms. The zero-order valence-electron chi connectivity index (χ0n) is 17.1. The van der Waals surface area contributed by atoms with Crippen molar-refractivity contribution >= 4 is 27.5 Å². The van der Waals surface area contributed by atoms with Gasteiger partial charge in [-0.25, -0.2) is 13.2 Å². The largest absolute Gasteiger partial charge is 0.443 e. The summed E-state index contributed by atoms with van der Waals surface area (Å²) in [6, 6.07) is 22.9. The zero-order chi connectivity index (χ0) is 22.7. The molecule has 3 aromatic carbocycles. The third kappa shape index (κ3) is 4.90. The summed E-state index contributed by atoms with van der Waals surface area (Å²) in [5.74, 6) is 0. The number of ether oxygens (including phenoxy) is 1. The first kappa shape index (κ1) is 21.8. The summed E-state index contributed by atoms with van der Waals surface area (Å²) in [6.07, 6.45) is 2.12. The topological polar surface area (TPSA) is 78.3 Å². The molecule has 0 radical (unpaired) electrons. The normalized spacial score (nSPS) is 11.3. The average molecular weight is 467 g/mol. The molecule has 0 atom stereocenters. The van der Waals surface area contributed by atoms with Gasteiger partial charge in [-0.2, -0.15) is 9.78 Å². The second-order valence-electron chi connectivity index (χ2n) is 7.18. The minimum atomic E-state index is -3.33. The molecule has 0 bridgehead atoms. The number of sulfone groups is 1. The second kappa shape index (κ2) is 8.98. The van der Waals surface area contributed by atoms with Crippen LogP contribution in [-0.4, -0.2) is 30.5 Å². The van der Waals surface area contributed by atoms with Gasteiger partial charge in [-0.15, -0.1) is 0 Å². The Hall–Kier alpha value is -3.42. The van der Waals surface area contributed by atoms with E-state index in [1.54, 1.807) is 30.5 Å². The van der Waals surface area contributed by atoms with Crippen LogP contribution in [0.1, 0.15) is 5.56 Å². The maximum absolute atomic E-state index is 12.7. The summed E-state index contributed by atoms with van der Waals surface area (Å²) in [5, 5.41) is 5.03. The molecule has 4 aromatic rings. The molecule has 1 heterocycles. The molecular weight excluding hydrogens is 448 g/mol. The van der Waals surface area contributed by atoms with E-state index >= 15 is 0 Å². The number of carbonyl (C=O) groups excluding carboxylic acids is 1. The van der Waals surface area contributed by atoms with E-state index in [2.05, 4.69) is 5.10 Å². The van der Waals surface area contributed by atoms with E-state index in [1.807, 2.05) is 42.5 Å². The van der Waals surface area contributed by atoms with Gasteiger partial charge >= 0.3 is 6.09 Å². The minimum absolute atomic E-state index is 0.119. The molecule has 1 aromatic heterocycles. The molecule has 32 heavy (non-hydrogen) atoms. The van der Waals surface area contributed by atoms with Gasteiger partial charge in [-0.3, -0.25) is 0 Å². The van der Waals surface area contributed by atoms with E-state index in [-0.39, 0.29) is 11.5 Å². The lowest BCUT2D eigenvalue weighted by Gasteiger charge is -2.05. The molecule has 0 N–H and O–H groups in total. The first-order valence-corrected chi connectivity index (χ1v) is 12.0. The molecule has 0 saturated heterocycles. The molecule has 0 amide bonds. The quantitative estimate of drug-likeness (QED) is 0.390. The maximum atomic E-state index is 12.7. The Balaban J connectivity index is 1.70. The van der Waals surface area contributed by atoms with Crippen LogP contribution < -0.4 is 0 Å². The third-order valence-corrected chi connectivity index (χ3v) is 6.20. The summed E-state index contributed by atoms with van der Waals surface area (Å²) >= 11 is 6.02. The van der Waals surface area contributed by atoms with E-state index in [0.717, 1.165) is 22.1 Å². The Morgan fingerprint density at radius 3 is 2.19 bits per heavy atom. The van der Waals surface area contributed by atoms with Crippen LogP contribution in [0.2, 0.25) is 5.02 Å². The molecular formula is C24H19ClN2O4S. The lowest BCUT2D eigenvalue weighted by atomic mass is 10.0. The molecule has 0 aliphatic carbocycles. The average Bonchev–Trinajstić information content (AvgIpc) is 3.24. The SMILES string of the molecule is CS(=O)(=O)c1ccc(-c2nn(C(=O)OCc3ccccc3)cc2-c2ccc(Cl)cc2)cc1. The van der Waals surface area contributed by atoms with Gasteiger partial charge in [0, 0.05) is 28.6 Å². The summed E-state index contributed by atoms with van der Waals surface area (Å²) < 4.78 is 30.1. The maximum Gasteiger partial charge on any atom is 0.435 e. The van der Waals surface area contributed by atoms with E-state index < -0.39 is 15.9 Å². The van der Waals surface area contributed by atoms with Gasteiger partial charge in [0.25, 0.3) is 0 Å². The Kier molecular flexibility index (Phi) is 6.12. The van der Waals surface area contributed by atoms with Crippen molar-refractivity contribution in [2.75, 3.05) is 6.26 Å². The number of aromatic nitrogens is 2. The Morgan fingerprint density at radius 1 is 0.938 bits per heavy atom. The molecule has 0 fully saturated rings. The van der Waals surface area contributed by atoms with Gasteiger partial charge < -0.3 is 4.74 Å². The summed E-state index contributed by atoms with van der Waals surface area (Å²) in [6.45, 7) is 0.119. The van der Waals surface area contributed by atoms with Crippen LogP contribution in [0, 0.1) is 0 Å². The first-order chi connectivity index (χ1) is 15.3. The third-order valence-electron chi connectivity index (χ3n) is 4.82. The number of hydrogen-bond donors (Lipinski definition) is 0. The molecule has 0 aliphatic rings. The fourth-order valence-electron chi connectivity index (χ4n) is 3.17. The highest BCUT2D eigenvalue weighted by atomic mass is 35.5. The number of carbonyl (C=O) groups is 1. The zero-order valence-corrected chi connectivity index (χ0v) is 18.7. The number of halogens is 1. The van der Waals surface area contributed by atoms with Crippen LogP contribution in [-0.2, 0) is 21.2 Å². The van der Waals surface area contributed by atoms with Crippen molar-refractivity contribution in [3.8, 4) is 22.4 Å². The van der Waals surface area contributed by atoms with Crippen LogP contribution in [0.25, 0.3) is 22.4 Å². The van der Waals surface area contributed by atoms with Crippen molar-refractivity contribution in [3.63, 3.8) is 0 Å². The van der Waals surface area contributed by atoms with Crippen molar-refractivity contribution < 1.29 is 17.9 Å². The van der Waals surface area contributed by atoms with Crippen molar-refractivity contribution in [3.05, 3.63) is 95.6 Å². The molecule has 0 saturated carbocycles. The molecule has 0 aliphatic heterocycles. The predicted molar refractivity (Wildman–Crippen MR) is 123 cm³/mol. The number of rotatable bonds is 5. The lowest BCUT2D eigenvalue weighted by molar-refractivity contribution is 0.138. The number of nitrogens with zero attached hydrogens (tertiary/aromatic N) is 2. The summed E-state index contributed by atoms with van der Waals surface area (Å²) in [7, 11) is -3.33. The highest BCUT2D eigenvalue weighted by Crippen LogP contribution is 2.32. The predicted octanol–water partition coefficient (Wildman–Crippen LogP) is 5.46. The van der Waals surface area contributed by atoms with E-state index in [9.17, 15) is 13.2 Å². The van der Waals surface area contributed by atoms with Gasteiger partial charge in [0.2, 0.25) is 0 Å². The number of benzene rings is 3. The lowest BCUT2D eigenvalue weighted by Crippen LogP contribution is -2.14. The van der Waals surface area contributed by atoms with Gasteiger partial charge in [0.1, 0.15) is 12.3 Å². The van der Waals surface area contributed by atoms with Gasteiger partial charge in [-0.05, 0) is 35.4 Å². The monoisotopic (exact) mass is 466 g/mol. The molecule has 4 rings (SSSR count). The van der Waals surface area contributed by atoms with Gasteiger partial charge in [-0.1, -0.05) is 66.2 Å². The van der Waals surface area contributed by atoms with Crippen LogP contribution in [0.15, 0.2) is 90.0 Å². The molecule has 6 nitrogen and oxygen atoms in total. The summed E-state index contributed by atoms with van der Waals surface area (Å²) in [5.41, 5.74) is 3.53. The van der Waals surface area contributed by atoms with Crippen LogP contribution in [0.5, 0.6) is 0 Å². The van der Waals surface area contributed by atoms with Crippen molar-refractivity contribution in [2.45, 2.75) is 11.5 Å². The van der Waals surface area contributed by atoms with Crippen molar-refractivity contribution in [1.82, 2.24) is 9.78 Å². The minimum Gasteiger partial charge on any atom is -0.443 e. The Morgan fingerprint density at radius 2 is 1.56 bits per heavy atom. The van der Waals surface area contributed by atoms with Crippen LogP contribution in [0.4, 0.5) is 4.79 Å². The highest BCUT2D eigenvalue weighted by molar-refractivity contribution is 7.90. The first-order valence-electron chi connectivity index (χ1n) is 9.68. The van der Waals surface area contributed by atoms with E-state index in [0.29, 0.717) is 21.8 Å². The molecule has 8 heteroatoms. The fraction of sp³-hybridized carbons (Fsp3) is 0.0833. The van der Waals surface area contributed by atoms with E-state index in [1.165, 1.54) is 12.1 Å².